The number of rotatable bonds is 0. The van der Waals surface area contributed by atoms with Crippen LogP contribution in [0.1, 0.15) is 27.2 Å². The summed E-state index contributed by atoms with van der Waals surface area (Å²) in [5.74, 6) is 0.529. The van der Waals surface area contributed by atoms with E-state index in [9.17, 15) is 0 Å². The molecule has 2 atom stereocenters. The molecule has 1 heterocycles. The summed E-state index contributed by atoms with van der Waals surface area (Å²) < 4.78 is 5.65. The van der Waals surface area contributed by atoms with Gasteiger partial charge in [0.2, 0.25) is 0 Å². The van der Waals surface area contributed by atoms with Gasteiger partial charge in [0.1, 0.15) is 0 Å². The van der Waals surface area contributed by atoms with Crippen molar-refractivity contribution in [2.24, 2.45) is 5.41 Å². The quantitative estimate of drug-likeness (QED) is 0.494. The summed E-state index contributed by atoms with van der Waals surface area (Å²) in [6.45, 7) is 7.76. The van der Waals surface area contributed by atoms with Crippen LogP contribution in [0.4, 0.5) is 0 Å². The molecule has 1 aliphatic heterocycles. The van der Waals surface area contributed by atoms with Crippen LogP contribution in [-0.4, -0.2) is 18.6 Å². The smallest absolute Gasteiger partial charge is 0.0784 e. The van der Waals surface area contributed by atoms with E-state index in [1.54, 1.807) is 0 Å². The van der Waals surface area contributed by atoms with Crippen molar-refractivity contribution in [1.82, 2.24) is 0 Å². The first kappa shape index (κ1) is 8.49. The van der Waals surface area contributed by atoms with Gasteiger partial charge in [-0.1, -0.05) is 29.4 Å². The normalized spacial score (nSPS) is 30.9. The van der Waals surface area contributed by atoms with Gasteiger partial charge in [-0.05, 0) is 18.0 Å². The van der Waals surface area contributed by atoms with E-state index in [-0.39, 0.29) is 0 Å². The molecule has 0 N–H and O–H groups in total. The third kappa shape index (κ3) is 2.21. The monoisotopic (exact) mass is 160 g/mol. The van der Waals surface area contributed by atoms with Gasteiger partial charge in [-0.25, -0.2) is 0 Å². The van der Waals surface area contributed by atoms with Crippen LogP contribution in [0, 0.1) is 5.41 Å². The maximum atomic E-state index is 5.65. The van der Waals surface area contributed by atoms with E-state index in [0.717, 1.165) is 15.2 Å². The van der Waals surface area contributed by atoms with Crippen molar-refractivity contribution in [2.45, 2.75) is 33.0 Å². The second kappa shape index (κ2) is 3.19. The van der Waals surface area contributed by atoms with E-state index >= 15 is 0 Å². The van der Waals surface area contributed by atoms with Gasteiger partial charge < -0.3 is 4.74 Å². The van der Waals surface area contributed by atoms with Crippen LogP contribution in [0.2, 0.25) is 0 Å². The van der Waals surface area contributed by atoms with E-state index in [2.05, 4.69) is 20.8 Å². The Labute approximate surface area is 65.3 Å². The molecule has 1 fully saturated rings. The van der Waals surface area contributed by atoms with E-state index in [0.29, 0.717) is 11.3 Å². The fourth-order valence-electron chi connectivity index (χ4n) is 1.12. The molecule has 0 radical (unpaired) electrons. The lowest BCUT2D eigenvalue weighted by atomic mass is 9.98. The second-order valence-electron chi connectivity index (χ2n) is 3.92. The van der Waals surface area contributed by atoms with Gasteiger partial charge in [0.05, 0.1) is 5.85 Å². The minimum atomic E-state index is 0.360. The Balaban J connectivity index is 2.39. The first-order valence-corrected chi connectivity index (χ1v) is 5.24. The minimum Gasteiger partial charge on any atom is -0.373 e. The molecule has 2 heteroatoms. The molecule has 1 aliphatic rings. The molecular weight excluding hydrogens is 143 g/mol. The lowest BCUT2D eigenvalue weighted by Gasteiger charge is -2.33. The summed E-state index contributed by atoms with van der Waals surface area (Å²) in [7, 11) is 1.02. The molecule has 0 amide bonds. The Kier molecular flexibility index (Phi) is 2.71. The van der Waals surface area contributed by atoms with Crippen LogP contribution in [0.25, 0.3) is 0 Å². The lowest BCUT2D eigenvalue weighted by Crippen LogP contribution is -2.28. The second-order valence-corrected chi connectivity index (χ2v) is 5.36. The maximum absolute atomic E-state index is 5.65. The zero-order chi connectivity index (χ0) is 7.61. The Morgan fingerprint density at radius 2 is 2.10 bits per heavy atom. The Bertz CT molecular complexity index is 100. The molecule has 0 aliphatic carbocycles. The summed E-state index contributed by atoms with van der Waals surface area (Å²) in [6, 6.07) is 0. The molecule has 0 aromatic rings. The van der Waals surface area contributed by atoms with Crippen LogP contribution in [0.5, 0.6) is 0 Å². The average molecular weight is 160 g/mol. The van der Waals surface area contributed by atoms with E-state index < -0.39 is 0 Å². The topological polar surface area (TPSA) is 9.23 Å². The van der Waals surface area contributed by atoms with Crippen molar-refractivity contribution in [3.05, 3.63) is 0 Å². The van der Waals surface area contributed by atoms with Crippen LogP contribution < -0.4 is 0 Å². The minimum absolute atomic E-state index is 0.360. The molecule has 0 aromatic heterocycles. The Morgan fingerprint density at radius 3 is 2.40 bits per heavy atom. The van der Waals surface area contributed by atoms with Gasteiger partial charge in [0, 0.05) is 6.61 Å². The Hall–Kier alpha value is 0.390. The molecule has 0 aromatic carbocycles. The van der Waals surface area contributed by atoms with Gasteiger partial charge in [-0.15, -0.1) is 0 Å². The fraction of sp³-hybridized carbons (Fsp3) is 1.00. The molecule has 1 saturated heterocycles. The molecule has 0 spiro atoms. The average Bonchev–Trinajstić information content (AvgIpc) is 1.88. The third-order valence-electron chi connectivity index (χ3n) is 1.72. The lowest BCUT2D eigenvalue weighted by molar-refractivity contribution is 0.0352. The van der Waals surface area contributed by atoms with Crippen LogP contribution >= 0.6 is 8.58 Å². The van der Waals surface area contributed by atoms with Crippen molar-refractivity contribution in [3.63, 3.8) is 0 Å². The SMILES string of the molecule is CC(C)(C)C1OCCCP1. The molecule has 10 heavy (non-hydrogen) atoms. The molecule has 0 saturated carbocycles. The van der Waals surface area contributed by atoms with Crippen molar-refractivity contribution in [2.75, 3.05) is 12.8 Å². The predicted octanol–water partition coefficient (Wildman–Crippen LogP) is 2.46. The van der Waals surface area contributed by atoms with Gasteiger partial charge in [0.25, 0.3) is 0 Å². The molecule has 1 nitrogen and oxygen atoms in total. The molecule has 1 rings (SSSR count). The molecule has 2 unspecified atom stereocenters. The van der Waals surface area contributed by atoms with Crippen molar-refractivity contribution in [3.8, 4) is 0 Å². The summed E-state index contributed by atoms with van der Waals surface area (Å²) in [5.41, 5.74) is 0.360. The van der Waals surface area contributed by atoms with Gasteiger partial charge in [-0.2, -0.15) is 0 Å². The van der Waals surface area contributed by atoms with Crippen LogP contribution in [-0.2, 0) is 4.74 Å². The zero-order valence-corrected chi connectivity index (χ0v) is 8.11. The van der Waals surface area contributed by atoms with E-state index in [1.807, 2.05) is 0 Å². The van der Waals surface area contributed by atoms with Crippen LogP contribution in [0.15, 0.2) is 0 Å². The number of hydrogen-bond acceptors (Lipinski definition) is 1. The van der Waals surface area contributed by atoms with Gasteiger partial charge in [0.15, 0.2) is 0 Å². The molecule has 60 valence electrons. The summed E-state index contributed by atoms with van der Waals surface area (Å²) in [4.78, 5) is 0. The highest BCUT2D eigenvalue weighted by molar-refractivity contribution is 7.38. The largest absolute Gasteiger partial charge is 0.373 e. The predicted molar refractivity (Wildman–Crippen MR) is 47.0 cm³/mol. The van der Waals surface area contributed by atoms with Crippen molar-refractivity contribution < 1.29 is 4.74 Å². The highest BCUT2D eigenvalue weighted by Gasteiger charge is 2.26. The van der Waals surface area contributed by atoms with Crippen LogP contribution in [0.3, 0.4) is 0 Å². The number of hydrogen-bond donors (Lipinski definition) is 0. The number of ether oxygens (including phenoxy) is 1. The van der Waals surface area contributed by atoms with Crippen molar-refractivity contribution in [1.29, 1.82) is 0 Å². The third-order valence-corrected chi connectivity index (χ3v) is 3.77. The fourth-order valence-corrected chi connectivity index (χ4v) is 2.58. The standard InChI is InChI=1S/C8H17OP/c1-8(2,3)7-9-5-4-6-10-7/h7,10H,4-6H2,1-3H3. The van der Waals surface area contributed by atoms with Crippen molar-refractivity contribution >= 4 is 8.58 Å². The zero-order valence-electron chi connectivity index (χ0n) is 7.11. The Morgan fingerprint density at radius 1 is 1.40 bits per heavy atom. The summed E-state index contributed by atoms with van der Waals surface area (Å²) >= 11 is 0. The van der Waals surface area contributed by atoms with E-state index in [4.69, 9.17) is 4.74 Å². The van der Waals surface area contributed by atoms with Gasteiger partial charge >= 0.3 is 0 Å². The van der Waals surface area contributed by atoms with Gasteiger partial charge in [-0.3, -0.25) is 0 Å². The summed E-state index contributed by atoms with van der Waals surface area (Å²) in [5, 5.41) is 0. The first-order chi connectivity index (χ1) is 4.61. The molecular formula is C8H17OP. The summed E-state index contributed by atoms with van der Waals surface area (Å²) in [6.07, 6.45) is 2.65. The highest BCUT2D eigenvalue weighted by atomic mass is 31.1. The maximum Gasteiger partial charge on any atom is 0.0784 e. The van der Waals surface area contributed by atoms with E-state index in [1.165, 1.54) is 12.6 Å². The first-order valence-electron chi connectivity index (χ1n) is 3.96. The molecule has 0 bridgehead atoms. The highest BCUT2D eigenvalue weighted by Crippen LogP contribution is 2.38.